The summed E-state index contributed by atoms with van der Waals surface area (Å²) in [4.78, 5) is 18.3. The van der Waals surface area contributed by atoms with E-state index in [1.54, 1.807) is 30.0 Å². The van der Waals surface area contributed by atoms with E-state index in [0.717, 1.165) is 35.6 Å². The first-order chi connectivity index (χ1) is 18.2. The Morgan fingerprint density at radius 2 is 1.92 bits per heavy atom. The van der Waals surface area contributed by atoms with Crippen LogP contribution in [0, 0.1) is 0 Å². The molecule has 38 heavy (non-hydrogen) atoms. The first-order valence-corrected chi connectivity index (χ1v) is 14.1. The third-order valence-electron chi connectivity index (χ3n) is 7.29. The number of carbonyl (C=O) groups is 1. The highest BCUT2D eigenvalue weighted by molar-refractivity contribution is 7.16. The predicted octanol–water partition coefficient (Wildman–Crippen LogP) is 6.82. The smallest absolute Gasteiger partial charge is 0.333 e. The van der Waals surface area contributed by atoms with Crippen molar-refractivity contribution < 1.29 is 18.0 Å². The first-order valence-electron chi connectivity index (χ1n) is 12.9. The van der Waals surface area contributed by atoms with Gasteiger partial charge in [-0.15, -0.1) is 11.3 Å². The van der Waals surface area contributed by atoms with Crippen LogP contribution in [-0.2, 0) is 24.1 Å². The van der Waals surface area contributed by atoms with Crippen LogP contribution in [0.5, 0.6) is 0 Å². The minimum Gasteiger partial charge on any atom is -0.333 e. The summed E-state index contributed by atoms with van der Waals surface area (Å²) in [5.74, 6) is -0.418. The number of aromatic nitrogens is 2. The van der Waals surface area contributed by atoms with E-state index in [9.17, 15) is 18.0 Å². The topological polar surface area (TPSA) is 41.4 Å². The highest BCUT2D eigenvalue weighted by atomic mass is 35.5. The Bertz CT molecular complexity index is 1330. The van der Waals surface area contributed by atoms with Gasteiger partial charge in [0.25, 0.3) is 0 Å². The molecule has 1 aromatic carbocycles. The molecule has 1 fully saturated rings. The van der Waals surface area contributed by atoms with Crippen LogP contribution in [0.2, 0.25) is 4.34 Å². The summed E-state index contributed by atoms with van der Waals surface area (Å²) < 4.78 is 43.8. The van der Waals surface area contributed by atoms with Gasteiger partial charge in [0.2, 0.25) is 5.91 Å². The molecule has 0 spiro atoms. The molecule has 0 radical (unpaired) electrons. The molecule has 1 saturated heterocycles. The minimum atomic E-state index is -4.59. The summed E-state index contributed by atoms with van der Waals surface area (Å²) in [5.41, 5.74) is 1.29. The van der Waals surface area contributed by atoms with Gasteiger partial charge in [-0.05, 0) is 55.6 Å². The maximum absolute atomic E-state index is 14.0. The Morgan fingerprint density at radius 3 is 2.66 bits per heavy atom. The Labute approximate surface area is 229 Å². The minimum absolute atomic E-state index is 0.0442. The van der Waals surface area contributed by atoms with Gasteiger partial charge in [0, 0.05) is 48.3 Å². The standard InChI is InChI=1S/C28H30ClF3N4OS/c1-2-36-17-23(27(33-36)28(30,31)32)20-10-5-4-9-19(20)22-16-35(18-24-21(22)15-25(29)38-24)26(37)11-8-14-34-12-6-3-7-13-34/h4-5,8-11,15,17,22H,2-3,6-7,12-14,16,18H2,1H3/b11-8+/t22-/m0/s1. The van der Waals surface area contributed by atoms with Crippen molar-refractivity contribution in [2.24, 2.45) is 0 Å². The van der Waals surface area contributed by atoms with Gasteiger partial charge in [0.1, 0.15) is 0 Å². The molecule has 2 aromatic heterocycles. The zero-order valence-corrected chi connectivity index (χ0v) is 22.7. The molecule has 1 amide bonds. The lowest BCUT2D eigenvalue weighted by Gasteiger charge is -2.33. The van der Waals surface area contributed by atoms with E-state index in [-0.39, 0.29) is 17.4 Å². The van der Waals surface area contributed by atoms with Crippen molar-refractivity contribution >= 4 is 28.8 Å². The number of hydrogen-bond acceptors (Lipinski definition) is 4. The monoisotopic (exact) mass is 562 g/mol. The molecular formula is C28H30ClF3N4OS. The summed E-state index contributed by atoms with van der Waals surface area (Å²) in [6.07, 6.45) is 4.04. The third kappa shape index (κ3) is 5.70. The van der Waals surface area contributed by atoms with Gasteiger partial charge in [0.05, 0.1) is 10.9 Å². The molecule has 2 aliphatic heterocycles. The fraction of sp³-hybridized carbons (Fsp3) is 0.429. The average Bonchev–Trinajstić information content (AvgIpc) is 3.52. The van der Waals surface area contributed by atoms with Gasteiger partial charge < -0.3 is 4.90 Å². The van der Waals surface area contributed by atoms with Crippen molar-refractivity contribution in [1.82, 2.24) is 19.6 Å². The number of fused-ring (bicyclic) bond motifs is 1. The van der Waals surface area contributed by atoms with E-state index < -0.39 is 11.9 Å². The maximum Gasteiger partial charge on any atom is 0.435 e. The Morgan fingerprint density at radius 1 is 1.16 bits per heavy atom. The van der Waals surface area contributed by atoms with Gasteiger partial charge in [0.15, 0.2) is 5.69 Å². The van der Waals surface area contributed by atoms with Crippen molar-refractivity contribution in [3.05, 3.63) is 74.7 Å². The quantitative estimate of drug-likeness (QED) is 0.310. The van der Waals surface area contributed by atoms with E-state index >= 15 is 0 Å². The van der Waals surface area contributed by atoms with Gasteiger partial charge in [-0.2, -0.15) is 18.3 Å². The first kappa shape index (κ1) is 27.0. The number of aryl methyl sites for hydroxylation is 1. The molecule has 0 saturated carbocycles. The number of alkyl halides is 3. The number of benzene rings is 1. The average molecular weight is 563 g/mol. The molecule has 0 unspecified atom stereocenters. The van der Waals surface area contributed by atoms with Crippen LogP contribution in [-0.4, -0.2) is 51.7 Å². The second-order valence-electron chi connectivity index (χ2n) is 9.80. The summed E-state index contributed by atoms with van der Waals surface area (Å²) >= 11 is 7.81. The van der Waals surface area contributed by atoms with E-state index in [2.05, 4.69) is 10.00 Å². The fourth-order valence-corrected chi connectivity index (χ4v) is 6.76. The predicted molar refractivity (Wildman–Crippen MR) is 144 cm³/mol. The molecule has 3 aromatic rings. The number of piperidine rings is 1. The summed E-state index contributed by atoms with van der Waals surface area (Å²) in [6, 6.07) is 8.99. The summed E-state index contributed by atoms with van der Waals surface area (Å²) in [6.45, 7) is 5.70. The Hall–Kier alpha value is -2.62. The van der Waals surface area contributed by atoms with Crippen molar-refractivity contribution in [3.63, 3.8) is 0 Å². The zero-order valence-electron chi connectivity index (χ0n) is 21.2. The number of nitrogens with zero attached hydrogens (tertiary/aromatic N) is 4. The maximum atomic E-state index is 14.0. The second kappa shape index (κ2) is 11.2. The molecule has 202 valence electrons. The van der Waals surface area contributed by atoms with Crippen LogP contribution < -0.4 is 0 Å². The van der Waals surface area contributed by atoms with E-state index in [0.29, 0.717) is 29.5 Å². The Balaban J connectivity index is 1.48. The van der Waals surface area contributed by atoms with Gasteiger partial charge in [-0.25, -0.2) is 0 Å². The van der Waals surface area contributed by atoms with Crippen LogP contribution in [0.3, 0.4) is 0 Å². The van der Waals surface area contributed by atoms with E-state index in [1.165, 1.54) is 41.5 Å². The molecule has 1 atom stereocenters. The zero-order chi connectivity index (χ0) is 26.9. The fourth-order valence-electron chi connectivity index (χ4n) is 5.40. The number of rotatable bonds is 6. The molecule has 0 bridgehead atoms. The Kier molecular flexibility index (Phi) is 7.98. The normalized spacial score (nSPS) is 18.8. The lowest BCUT2D eigenvalue weighted by atomic mass is 9.84. The molecule has 5 rings (SSSR count). The number of hydrogen-bond donors (Lipinski definition) is 0. The van der Waals surface area contributed by atoms with Crippen LogP contribution in [0.25, 0.3) is 11.1 Å². The molecule has 2 aliphatic rings. The van der Waals surface area contributed by atoms with Gasteiger partial charge >= 0.3 is 6.18 Å². The van der Waals surface area contributed by atoms with Crippen LogP contribution in [0.15, 0.2) is 48.7 Å². The van der Waals surface area contributed by atoms with Crippen LogP contribution in [0.4, 0.5) is 13.2 Å². The van der Waals surface area contributed by atoms with Crippen molar-refractivity contribution in [3.8, 4) is 11.1 Å². The third-order valence-corrected chi connectivity index (χ3v) is 8.55. The number of carbonyl (C=O) groups excluding carboxylic acids is 1. The lowest BCUT2D eigenvalue weighted by Crippen LogP contribution is -2.37. The molecular weight excluding hydrogens is 533 g/mol. The van der Waals surface area contributed by atoms with E-state index in [1.807, 2.05) is 24.3 Å². The number of likely N-dealkylation sites (tertiary alicyclic amines) is 1. The molecule has 0 aliphatic carbocycles. The summed E-state index contributed by atoms with van der Waals surface area (Å²) in [5, 5.41) is 3.82. The van der Waals surface area contributed by atoms with Crippen molar-refractivity contribution in [2.45, 2.75) is 51.4 Å². The molecule has 4 heterocycles. The highest BCUT2D eigenvalue weighted by Crippen LogP contribution is 2.45. The molecule has 5 nitrogen and oxygen atoms in total. The van der Waals surface area contributed by atoms with Crippen LogP contribution in [0.1, 0.15) is 53.8 Å². The SMILES string of the molecule is CCn1cc(-c2ccccc2[C@@H]2CN(C(=O)/C=C/CN3CCCCC3)Cc3sc(Cl)cc32)c(C(F)(F)F)n1. The van der Waals surface area contributed by atoms with Crippen molar-refractivity contribution in [1.29, 1.82) is 0 Å². The second-order valence-corrected chi connectivity index (χ2v) is 11.6. The van der Waals surface area contributed by atoms with Crippen molar-refractivity contribution in [2.75, 3.05) is 26.2 Å². The lowest BCUT2D eigenvalue weighted by molar-refractivity contribution is -0.141. The van der Waals surface area contributed by atoms with Gasteiger partial charge in [-0.1, -0.05) is 48.4 Å². The van der Waals surface area contributed by atoms with Gasteiger partial charge in [-0.3, -0.25) is 14.4 Å². The number of halogens is 4. The largest absolute Gasteiger partial charge is 0.435 e. The molecule has 10 heteroatoms. The summed E-state index contributed by atoms with van der Waals surface area (Å²) in [7, 11) is 0. The number of thiophene rings is 1. The molecule has 0 N–H and O–H groups in total. The van der Waals surface area contributed by atoms with E-state index in [4.69, 9.17) is 11.6 Å². The number of amides is 1. The highest BCUT2D eigenvalue weighted by Gasteiger charge is 2.39. The van der Waals surface area contributed by atoms with Crippen LogP contribution >= 0.6 is 22.9 Å².